The summed E-state index contributed by atoms with van der Waals surface area (Å²) >= 11 is 1.85. The van der Waals surface area contributed by atoms with Gasteiger partial charge in [-0.05, 0) is 24.8 Å². The Morgan fingerprint density at radius 3 is 2.80 bits per heavy atom. The molecule has 0 aliphatic heterocycles. The van der Waals surface area contributed by atoms with Crippen molar-refractivity contribution in [3.05, 3.63) is 24.3 Å². The van der Waals surface area contributed by atoms with Crippen molar-refractivity contribution in [3.8, 4) is 0 Å². The van der Waals surface area contributed by atoms with E-state index >= 15 is 0 Å². The minimum absolute atomic E-state index is 0.719. The number of fused-ring (bicyclic) bond motifs is 1. The molecule has 5 heteroatoms. The molecule has 0 amide bonds. The topological polar surface area (TPSA) is 41.1 Å². The fraction of sp³-hybridized carbons (Fsp3) is 0.467. The van der Waals surface area contributed by atoms with Gasteiger partial charge in [0.15, 0.2) is 0 Å². The molecule has 1 heterocycles. The number of anilines is 2. The quantitative estimate of drug-likeness (QED) is 0.847. The zero-order chi connectivity index (χ0) is 14.4. The van der Waals surface area contributed by atoms with E-state index in [0.29, 0.717) is 0 Å². The van der Waals surface area contributed by atoms with E-state index in [1.54, 1.807) is 0 Å². The average molecular weight is 290 g/mol. The predicted molar refractivity (Wildman–Crippen MR) is 90.0 cm³/mol. The van der Waals surface area contributed by atoms with Crippen LogP contribution in [0, 0.1) is 0 Å². The molecule has 108 valence electrons. The minimum Gasteiger partial charge on any atom is -0.358 e. The molecule has 2 rings (SSSR count). The van der Waals surface area contributed by atoms with Crippen LogP contribution in [0.15, 0.2) is 24.3 Å². The fourth-order valence-electron chi connectivity index (χ4n) is 2.00. The van der Waals surface area contributed by atoms with Crippen LogP contribution in [0.3, 0.4) is 0 Å². The first-order valence-corrected chi connectivity index (χ1v) is 8.36. The standard InChI is InChI=1S/C15H22N4S/c1-4-9-16-15-17-13-8-6-5-7-12(13)14(18-15)19(2)10-11-20-3/h5-8H,4,9-11H2,1-3H3,(H,16,17,18). The van der Waals surface area contributed by atoms with Crippen molar-refractivity contribution in [2.75, 3.05) is 42.4 Å². The highest BCUT2D eigenvalue weighted by Crippen LogP contribution is 2.24. The summed E-state index contributed by atoms with van der Waals surface area (Å²) in [4.78, 5) is 11.5. The zero-order valence-corrected chi connectivity index (χ0v) is 13.2. The van der Waals surface area contributed by atoms with Crippen molar-refractivity contribution in [1.29, 1.82) is 0 Å². The molecular weight excluding hydrogens is 268 g/mol. The lowest BCUT2D eigenvalue weighted by molar-refractivity contribution is 0.928. The molecule has 2 aromatic rings. The Hall–Kier alpha value is -1.49. The van der Waals surface area contributed by atoms with E-state index in [4.69, 9.17) is 0 Å². The summed E-state index contributed by atoms with van der Waals surface area (Å²) in [6.07, 6.45) is 3.19. The van der Waals surface area contributed by atoms with Crippen LogP contribution in [-0.4, -0.2) is 42.1 Å². The van der Waals surface area contributed by atoms with Crippen LogP contribution < -0.4 is 10.2 Å². The largest absolute Gasteiger partial charge is 0.358 e. The number of benzene rings is 1. The first-order valence-electron chi connectivity index (χ1n) is 6.97. The Morgan fingerprint density at radius 2 is 2.05 bits per heavy atom. The summed E-state index contributed by atoms with van der Waals surface area (Å²) in [5, 5.41) is 4.39. The third-order valence-corrected chi connectivity index (χ3v) is 3.70. The zero-order valence-electron chi connectivity index (χ0n) is 12.4. The van der Waals surface area contributed by atoms with Gasteiger partial charge in [-0.15, -0.1) is 0 Å². The molecule has 0 aliphatic carbocycles. The Morgan fingerprint density at radius 1 is 1.25 bits per heavy atom. The Labute approximate surface area is 125 Å². The first kappa shape index (κ1) is 14.9. The van der Waals surface area contributed by atoms with Gasteiger partial charge in [-0.3, -0.25) is 0 Å². The average Bonchev–Trinajstić information content (AvgIpc) is 2.49. The molecule has 0 saturated carbocycles. The minimum atomic E-state index is 0.719. The highest BCUT2D eigenvalue weighted by atomic mass is 32.2. The number of thioether (sulfide) groups is 1. The summed E-state index contributed by atoms with van der Waals surface area (Å²) in [7, 11) is 2.09. The Balaban J connectivity index is 2.38. The van der Waals surface area contributed by atoms with Crippen molar-refractivity contribution >= 4 is 34.4 Å². The van der Waals surface area contributed by atoms with Gasteiger partial charge in [-0.2, -0.15) is 16.7 Å². The number of nitrogens with zero attached hydrogens (tertiary/aromatic N) is 3. The van der Waals surface area contributed by atoms with Crippen molar-refractivity contribution in [3.63, 3.8) is 0 Å². The van der Waals surface area contributed by atoms with Gasteiger partial charge in [-0.1, -0.05) is 19.1 Å². The van der Waals surface area contributed by atoms with Gasteiger partial charge in [-0.25, -0.2) is 4.98 Å². The number of hydrogen-bond donors (Lipinski definition) is 1. The SMILES string of the molecule is CCCNc1nc(N(C)CCSC)c2ccccc2n1. The molecule has 1 aromatic heterocycles. The molecule has 1 N–H and O–H groups in total. The predicted octanol–water partition coefficient (Wildman–Crippen LogP) is 3.25. The van der Waals surface area contributed by atoms with E-state index in [2.05, 4.69) is 46.5 Å². The van der Waals surface area contributed by atoms with Crippen LogP contribution in [0.25, 0.3) is 10.9 Å². The van der Waals surface area contributed by atoms with Gasteiger partial charge in [0.2, 0.25) is 5.95 Å². The van der Waals surface area contributed by atoms with Crippen LogP contribution in [0.4, 0.5) is 11.8 Å². The van der Waals surface area contributed by atoms with E-state index in [1.165, 1.54) is 0 Å². The van der Waals surface area contributed by atoms with Gasteiger partial charge in [0, 0.05) is 31.3 Å². The molecule has 1 aromatic carbocycles. The van der Waals surface area contributed by atoms with Gasteiger partial charge in [0.05, 0.1) is 5.52 Å². The lowest BCUT2D eigenvalue weighted by Gasteiger charge is -2.20. The molecule has 0 fully saturated rings. The van der Waals surface area contributed by atoms with Crippen LogP contribution >= 0.6 is 11.8 Å². The van der Waals surface area contributed by atoms with E-state index in [1.807, 2.05) is 30.0 Å². The Kier molecular flexibility index (Phi) is 5.47. The number of rotatable bonds is 7. The van der Waals surface area contributed by atoms with Crippen LogP contribution in [0.5, 0.6) is 0 Å². The molecule has 0 saturated heterocycles. The summed E-state index contributed by atoms with van der Waals surface area (Å²) in [5.74, 6) is 2.81. The van der Waals surface area contributed by atoms with Crippen molar-refractivity contribution in [2.24, 2.45) is 0 Å². The summed E-state index contributed by atoms with van der Waals surface area (Å²) in [6, 6.07) is 8.19. The van der Waals surface area contributed by atoms with Gasteiger partial charge in [0.1, 0.15) is 5.82 Å². The first-order chi connectivity index (χ1) is 9.76. The maximum absolute atomic E-state index is 4.69. The second kappa shape index (κ2) is 7.33. The lowest BCUT2D eigenvalue weighted by Crippen LogP contribution is -2.22. The number of hydrogen-bond acceptors (Lipinski definition) is 5. The smallest absolute Gasteiger partial charge is 0.225 e. The normalized spacial score (nSPS) is 10.8. The molecule has 0 aliphatic rings. The van der Waals surface area contributed by atoms with Crippen LogP contribution in [0.1, 0.15) is 13.3 Å². The maximum Gasteiger partial charge on any atom is 0.225 e. The highest BCUT2D eigenvalue weighted by Gasteiger charge is 2.10. The molecular formula is C15H22N4S. The third-order valence-electron chi connectivity index (χ3n) is 3.11. The Bertz CT molecular complexity index is 559. The van der Waals surface area contributed by atoms with Crippen molar-refractivity contribution in [1.82, 2.24) is 9.97 Å². The van der Waals surface area contributed by atoms with Crippen LogP contribution in [0.2, 0.25) is 0 Å². The molecule has 0 radical (unpaired) electrons. The number of nitrogens with one attached hydrogen (secondary N) is 1. The van der Waals surface area contributed by atoms with Gasteiger partial charge in [0.25, 0.3) is 0 Å². The van der Waals surface area contributed by atoms with E-state index in [0.717, 1.165) is 47.9 Å². The molecule has 0 spiro atoms. The maximum atomic E-state index is 4.69. The van der Waals surface area contributed by atoms with E-state index < -0.39 is 0 Å². The second-order valence-electron chi connectivity index (χ2n) is 4.73. The van der Waals surface area contributed by atoms with E-state index in [-0.39, 0.29) is 0 Å². The van der Waals surface area contributed by atoms with Crippen LogP contribution in [-0.2, 0) is 0 Å². The van der Waals surface area contributed by atoms with Gasteiger partial charge >= 0.3 is 0 Å². The summed E-state index contributed by atoms with van der Waals surface area (Å²) in [5.41, 5.74) is 0.993. The summed E-state index contributed by atoms with van der Waals surface area (Å²) < 4.78 is 0. The molecule has 20 heavy (non-hydrogen) atoms. The third kappa shape index (κ3) is 3.54. The number of aromatic nitrogens is 2. The fourth-order valence-corrected chi connectivity index (χ4v) is 2.46. The van der Waals surface area contributed by atoms with Gasteiger partial charge < -0.3 is 10.2 Å². The molecule has 4 nitrogen and oxygen atoms in total. The lowest BCUT2D eigenvalue weighted by atomic mass is 10.2. The number of para-hydroxylation sites is 1. The van der Waals surface area contributed by atoms with Crippen molar-refractivity contribution < 1.29 is 0 Å². The molecule has 0 atom stereocenters. The second-order valence-corrected chi connectivity index (χ2v) is 5.71. The van der Waals surface area contributed by atoms with Crippen molar-refractivity contribution in [2.45, 2.75) is 13.3 Å². The highest BCUT2D eigenvalue weighted by molar-refractivity contribution is 7.98. The molecule has 0 bridgehead atoms. The van der Waals surface area contributed by atoms with E-state index in [9.17, 15) is 0 Å². The monoisotopic (exact) mass is 290 g/mol. The molecule has 0 unspecified atom stereocenters. The summed E-state index contributed by atoms with van der Waals surface area (Å²) in [6.45, 7) is 4.02.